The largest absolute Gasteiger partial charge is 0.495 e. The molecule has 3 N–H and O–H groups in total. The van der Waals surface area contributed by atoms with Gasteiger partial charge in [-0.2, -0.15) is 0 Å². The molecule has 0 heterocycles. The molecule has 7 nitrogen and oxygen atoms in total. The van der Waals surface area contributed by atoms with Crippen LogP contribution in [0.1, 0.15) is 26.3 Å². The molecule has 0 aliphatic rings. The molecular formula is C23H21ClN2O5. The van der Waals surface area contributed by atoms with Crippen LogP contribution in [-0.2, 0) is 6.61 Å². The van der Waals surface area contributed by atoms with Crippen molar-refractivity contribution < 1.29 is 23.8 Å². The normalized spacial score (nSPS) is 10.3. The summed E-state index contributed by atoms with van der Waals surface area (Å²) in [6.45, 7) is 0.316. The van der Waals surface area contributed by atoms with E-state index in [-0.39, 0.29) is 5.56 Å². The van der Waals surface area contributed by atoms with Gasteiger partial charge in [-0.25, -0.2) is 0 Å². The number of rotatable bonds is 8. The number of amides is 2. The van der Waals surface area contributed by atoms with Crippen LogP contribution in [-0.4, -0.2) is 26.0 Å². The van der Waals surface area contributed by atoms with Crippen molar-refractivity contribution in [2.24, 2.45) is 5.73 Å². The number of ether oxygens (including phenoxy) is 3. The Kier molecular flexibility index (Phi) is 6.99. The molecule has 160 valence electrons. The second kappa shape index (κ2) is 9.86. The summed E-state index contributed by atoms with van der Waals surface area (Å²) in [4.78, 5) is 24.2. The van der Waals surface area contributed by atoms with E-state index in [0.717, 1.165) is 5.56 Å². The third-order valence-corrected chi connectivity index (χ3v) is 4.72. The zero-order valence-electron chi connectivity index (χ0n) is 17.0. The number of hydrogen-bond acceptors (Lipinski definition) is 5. The number of nitrogens with two attached hydrogens (primary N) is 1. The minimum Gasteiger partial charge on any atom is -0.495 e. The van der Waals surface area contributed by atoms with E-state index in [9.17, 15) is 9.59 Å². The van der Waals surface area contributed by atoms with Gasteiger partial charge in [-0.05, 0) is 54.1 Å². The lowest BCUT2D eigenvalue weighted by molar-refractivity contribution is 0.0996. The summed E-state index contributed by atoms with van der Waals surface area (Å²) < 4.78 is 16.4. The summed E-state index contributed by atoms with van der Waals surface area (Å²) in [6.07, 6.45) is 0. The van der Waals surface area contributed by atoms with Crippen LogP contribution >= 0.6 is 11.6 Å². The number of primary amides is 1. The minimum absolute atomic E-state index is 0.250. The lowest BCUT2D eigenvalue weighted by Crippen LogP contribution is -2.15. The zero-order valence-corrected chi connectivity index (χ0v) is 17.7. The molecule has 3 aromatic carbocycles. The molecule has 0 spiro atoms. The van der Waals surface area contributed by atoms with Gasteiger partial charge in [0.25, 0.3) is 5.91 Å². The summed E-state index contributed by atoms with van der Waals surface area (Å²) in [5.41, 5.74) is 7.17. The van der Waals surface area contributed by atoms with Crippen molar-refractivity contribution in [2.45, 2.75) is 6.61 Å². The van der Waals surface area contributed by atoms with Crippen molar-refractivity contribution in [2.75, 3.05) is 19.5 Å². The highest BCUT2D eigenvalue weighted by Gasteiger charge is 2.15. The van der Waals surface area contributed by atoms with Crippen molar-refractivity contribution in [3.05, 3.63) is 82.4 Å². The van der Waals surface area contributed by atoms with Gasteiger partial charge in [-0.1, -0.05) is 23.7 Å². The van der Waals surface area contributed by atoms with Crippen LogP contribution in [0.3, 0.4) is 0 Å². The molecular weight excluding hydrogens is 420 g/mol. The molecule has 0 aromatic heterocycles. The number of nitrogens with one attached hydrogen (secondary N) is 1. The molecule has 2 amide bonds. The fourth-order valence-electron chi connectivity index (χ4n) is 2.82. The van der Waals surface area contributed by atoms with Crippen LogP contribution in [0.15, 0.2) is 60.7 Å². The standard InChI is InChI=1S/C23H21ClN2O5/c1-29-19-9-5-15(22(25)27)11-18(19)26-23(28)16-6-10-20(21(12-16)30-2)31-13-14-3-7-17(24)8-4-14/h3-12H,13H2,1-2H3,(H2,25,27)(H,26,28). The van der Waals surface area contributed by atoms with Crippen LogP contribution in [0.25, 0.3) is 0 Å². The molecule has 3 aromatic rings. The lowest BCUT2D eigenvalue weighted by atomic mass is 10.1. The molecule has 0 aliphatic carbocycles. The first-order valence-corrected chi connectivity index (χ1v) is 9.63. The maximum Gasteiger partial charge on any atom is 0.255 e. The molecule has 0 bridgehead atoms. The zero-order chi connectivity index (χ0) is 22.4. The number of benzene rings is 3. The van der Waals surface area contributed by atoms with E-state index in [2.05, 4.69) is 5.32 Å². The number of halogens is 1. The van der Waals surface area contributed by atoms with Crippen molar-refractivity contribution >= 4 is 29.1 Å². The fourth-order valence-corrected chi connectivity index (χ4v) is 2.95. The van der Waals surface area contributed by atoms with Gasteiger partial charge in [-0.3, -0.25) is 9.59 Å². The highest BCUT2D eigenvalue weighted by Crippen LogP contribution is 2.30. The van der Waals surface area contributed by atoms with Gasteiger partial charge in [-0.15, -0.1) is 0 Å². The van der Waals surface area contributed by atoms with E-state index in [1.165, 1.54) is 26.4 Å². The highest BCUT2D eigenvalue weighted by atomic mass is 35.5. The van der Waals surface area contributed by atoms with E-state index in [1.807, 2.05) is 12.1 Å². The van der Waals surface area contributed by atoms with E-state index in [4.69, 9.17) is 31.5 Å². The van der Waals surface area contributed by atoms with Crippen LogP contribution in [0.2, 0.25) is 5.02 Å². The summed E-state index contributed by atoms with van der Waals surface area (Å²) in [5, 5.41) is 3.37. The smallest absolute Gasteiger partial charge is 0.255 e. The molecule has 0 unspecified atom stereocenters. The minimum atomic E-state index is -0.609. The molecule has 0 saturated carbocycles. The third-order valence-electron chi connectivity index (χ3n) is 4.47. The van der Waals surface area contributed by atoms with E-state index >= 15 is 0 Å². The summed E-state index contributed by atoms with van der Waals surface area (Å²) >= 11 is 5.90. The second-order valence-corrected chi connectivity index (χ2v) is 6.95. The van der Waals surface area contributed by atoms with Gasteiger partial charge < -0.3 is 25.3 Å². The van der Waals surface area contributed by atoms with Crippen LogP contribution < -0.4 is 25.3 Å². The molecule has 0 fully saturated rings. The topological polar surface area (TPSA) is 99.9 Å². The Morgan fingerprint density at radius 1 is 0.871 bits per heavy atom. The predicted octanol–water partition coefficient (Wildman–Crippen LogP) is 4.29. The van der Waals surface area contributed by atoms with Crippen molar-refractivity contribution in [1.82, 2.24) is 0 Å². The Morgan fingerprint density at radius 3 is 2.16 bits per heavy atom. The average Bonchev–Trinajstić information content (AvgIpc) is 2.78. The van der Waals surface area contributed by atoms with Crippen LogP contribution in [0, 0.1) is 0 Å². The second-order valence-electron chi connectivity index (χ2n) is 6.51. The van der Waals surface area contributed by atoms with Crippen LogP contribution in [0.5, 0.6) is 17.2 Å². The Labute approximate surface area is 184 Å². The quantitative estimate of drug-likeness (QED) is 0.544. The van der Waals surface area contributed by atoms with Crippen molar-refractivity contribution in [3.63, 3.8) is 0 Å². The van der Waals surface area contributed by atoms with E-state index in [0.29, 0.717) is 40.1 Å². The average molecular weight is 441 g/mol. The molecule has 0 radical (unpaired) electrons. The van der Waals surface area contributed by atoms with Gasteiger partial charge in [0.05, 0.1) is 19.9 Å². The molecule has 0 aliphatic heterocycles. The SMILES string of the molecule is COc1ccc(C(N)=O)cc1NC(=O)c1ccc(OCc2ccc(Cl)cc2)c(OC)c1. The third kappa shape index (κ3) is 5.46. The molecule has 3 rings (SSSR count). The summed E-state index contributed by atoms with van der Waals surface area (Å²) in [7, 11) is 2.95. The fraction of sp³-hybridized carbons (Fsp3) is 0.130. The number of anilines is 1. The van der Waals surface area contributed by atoms with Crippen molar-refractivity contribution in [3.8, 4) is 17.2 Å². The predicted molar refractivity (Wildman–Crippen MR) is 118 cm³/mol. The monoisotopic (exact) mass is 440 g/mol. The van der Waals surface area contributed by atoms with E-state index < -0.39 is 11.8 Å². The van der Waals surface area contributed by atoms with Crippen LogP contribution in [0.4, 0.5) is 5.69 Å². The van der Waals surface area contributed by atoms with Crippen molar-refractivity contribution in [1.29, 1.82) is 0 Å². The number of carbonyl (C=O) groups excluding carboxylic acids is 2. The van der Waals surface area contributed by atoms with E-state index in [1.54, 1.807) is 36.4 Å². The molecule has 0 atom stereocenters. The maximum absolute atomic E-state index is 12.8. The highest BCUT2D eigenvalue weighted by molar-refractivity contribution is 6.30. The Morgan fingerprint density at radius 2 is 1.52 bits per heavy atom. The number of carbonyl (C=O) groups is 2. The Bertz CT molecular complexity index is 1100. The van der Waals surface area contributed by atoms with Gasteiger partial charge in [0, 0.05) is 16.1 Å². The summed E-state index contributed by atoms with van der Waals surface area (Å²) in [5.74, 6) is 0.263. The number of hydrogen-bond donors (Lipinski definition) is 2. The van der Waals surface area contributed by atoms with Gasteiger partial charge in [0.2, 0.25) is 5.91 Å². The maximum atomic E-state index is 12.8. The Balaban J connectivity index is 1.77. The van der Waals surface area contributed by atoms with Gasteiger partial charge in [0.15, 0.2) is 11.5 Å². The van der Waals surface area contributed by atoms with Gasteiger partial charge in [0.1, 0.15) is 12.4 Å². The molecule has 8 heteroatoms. The first kappa shape index (κ1) is 22.0. The Hall–Kier alpha value is -3.71. The van der Waals surface area contributed by atoms with Gasteiger partial charge >= 0.3 is 0 Å². The summed E-state index contributed by atoms with van der Waals surface area (Å²) in [6, 6.07) is 16.7. The molecule has 0 saturated heterocycles. The lowest BCUT2D eigenvalue weighted by Gasteiger charge is -2.14. The number of methoxy groups -OCH3 is 2. The molecule has 31 heavy (non-hydrogen) atoms. The first-order valence-electron chi connectivity index (χ1n) is 9.25. The first-order chi connectivity index (χ1) is 14.9.